The van der Waals surface area contributed by atoms with Crippen LogP contribution in [0.4, 0.5) is 0 Å². The number of carbonyl (C=O) groups is 1. The molecule has 0 atom stereocenters. The van der Waals surface area contributed by atoms with Crippen LogP contribution in [-0.2, 0) is 4.79 Å². The fourth-order valence-corrected chi connectivity index (χ4v) is 4.29. The van der Waals surface area contributed by atoms with E-state index in [2.05, 4.69) is 12.2 Å². The molecule has 3 heteroatoms. The maximum absolute atomic E-state index is 9.00. The van der Waals surface area contributed by atoms with Crippen molar-refractivity contribution in [2.75, 3.05) is 6.54 Å². The maximum atomic E-state index is 9.00. The second-order valence-electron chi connectivity index (χ2n) is 9.11. The third-order valence-electron chi connectivity index (χ3n) is 6.07. The molecule has 2 N–H and O–H groups in total. The molecule has 0 aromatic carbocycles. The molecule has 0 aromatic rings. The summed E-state index contributed by atoms with van der Waals surface area (Å²) in [4.78, 5) is 9.00. The van der Waals surface area contributed by atoms with Gasteiger partial charge in [-0.3, -0.25) is 4.79 Å². The molecule has 3 nitrogen and oxygen atoms in total. The Labute approximate surface area is 182 Å². The van der Waals surface area contributed by atoms with Gasteiger partial charge >= 0.3 is 0 Å². The van der Waals surface area contributed by atoms with Crippen LogP contribution in [-0.4, -0.2) is 23.7 Å². The lowest BCUT2D eigenvalue weighted by molar-refractivity contribution is -0.134. The minimum atomic E-state index is -0.833. The molecule has 0 amide bonds. The summed E-state index contributed by atoms with van der Waals surface area (Å²) in [6.07, 6.45) is 30.6. The molecule has 0 radical (unpaired) electrons. The van der Waals surface area contributed by atoms with E-state index < -0.39 is 5.97 Å². The van der Waals surface area contributed by atoms with Crippen LogP contribution in [0.25, 0.3) is 0 Å². The van der Waals surface area contributed by atoms with Crippen molar-refractivity contribution >= 4 is 5.97 Å². The van der Waals surface area contributed by atoms with Crippen LogP contribution >= 0.6 is 0 Å². The predicted octanol–water partition coefficient (Wildman–Crippen LogP) is 8.26. The lowest BCUT2D eigenvalue weighted by atomic mass is 9.95. The maximum Gasteiger partial charge on any atom is 0.300 e. The average Bonchev–Trinajstić information content (AvgIpc) is 2.71. The SMILES string of the molecule is CC(=O)O.CCCCCCCCCCCCCCCCCCNC1CCCCC1. The molecule has 0 aromatic heterocycles. The van der Waals surface area contributed by atoms with Gasteiger partial charge < -0.3 is 10.4 Å². The zero-order valence-corrected chi connectivity index (χ0v) is 20.0. The Bertz CT molecular complexity index is 323. The van der Waals surface area contributed by atoms with Gasteiger partial charge in [0.2, 0.25) is 0 Å². The zero-order chi connectivity index (χ0) is 21.4. The van der Waals surface area contributed by atoms with Gasteiger partial charge in [-0.15, -0.1) is 0 Å². The van der Waals surface area contributed by atoms with E-state index in [1.54, 1.807) is 0 Å². The highest BCUT2D eigenvalue weighted by molar-refractivity contribution is 5.62. The van der Waals surface area contributed by atoms with Gasteiger partial charge in [0.1, 0.15) is 0 Å². The average molecular weight is 412 g/mol. The Morgan fingerprint density at radius 3 is 1.41 bits per heavy atom. The number of hydrogen-bond donors (Lipinski definition) is 2. The lowest BCUT2D eigenvalue weighted by Crippen LogP contribution is -2.31. The molecule has 0 unspecified atom stereocenters. The number of rotatable bonds is 18. The van der Waals surface area contributed by atoms with Crippen molar-refractivity contribution in [3.63, 3.8) is 0 Å². The molecule has 1 rings (SSSR count). The highest BCUT2D eigenvalue weighted by Crippen LogP contribution is 2.17. The molecule has 0 aliphatic heterocycles. The minimum Gasteiger partial charge on any atom is -0.481 e. The van der Waals surface area contributed by atoms with Crippen LogP contribution < -0.4 is 5.32 Å². The first-order valence-corrected chi connectivity index (χ1v) is 13.1. The fourth-order valence-electron chi connectivity index (χ4n) is 4.29. The number of carboxylic acids is 1. The van der Waals surface area contributed by atoms with Crippen molar-refractivity contribution < 1.29 is 9.90 Å². The number of hydrogen-bond acceptors (Lipinski definition) is 2. The zero-order valence-electron chi connectivity index (χ0n) is 20.0. The van der Waals surface area contributed by atoms with Gasteiger partial charge in [0.25, 0.3) is 5.97 Å². The van der Waals surface area contributed by atoms with E-state index in [0.717, 1.165) is 13.0 Å². The second-order valence-corrected chi connectivity index (χ2v) is 9.11. The molecule has 1 fully saturated rings. The van der Waals surface area contributed by atoms with E-state index in [9.17, 15) is 0 Å². The largest absolute Gasteiger partial charge is 0.481 e. The molecule has 29 heavy (non-hydrogen) atoms. The van der Waals surface area contributed by atoms with Gasteiger partial charge in [-0.1, -0.05) is 122 Å². The van der Waals surface area contributed by atoms with Gasteiger partial charge in [0.05, 0.1) is 0 Å². The molecular weight excluding hydrogens is 358 g/mol. The second kappa shape index (κ2) is 23.7. The number of nitrogens with one attached hydrogen (secondary N) is 1. The van der Waals surface area contributed by atoms with Crippen molar-refractivity contribution in [3.8, 4) is 0 Å². The van der Waals surface area contributed by atoms with E-state index in [-0.39, 0.29) is 0 Å². The number of aliphatic carboxylic acids is 1. The number of unbranched alkanes of at least 4 members (excludes halogenated alkanes) is 15. The van der Waals surface area contributed by atoms with Gasteiger partial charge in [-0.05, 0) is 25.8 Å². The summed E-state index contributed by atoms with van der Waals surface area (Å²) in [6.45, 7) is 4.65. The first-order chi connectivity index (χ1) is 14.2. The summed E-state index contributed by atoms with van der Waals surface area (Å²) in [5, 5.41) is 11.2. The Morgan fingerprint density at radius 2 is 1.03 bits per heavy atom. The van der Waals surface area contributed by atoms with E-state index in [1.165, 1.54) is 141 Å². The molecule has 0 bridgehead atoms. The highest BCUT2D eigenvalue weighted by atomic mass is 16.4. The third-order valence-corrected chi connectivity index (χ3v) is 6.07. The van der Waals surface area contributed by atoms with Crippen LogP contribution in [0.5, 0.6) is 0 Å². The molecule has 0 saturated heterocycles. The first kappa shape index (κ1) is 28.4. The van der Waals surface area contributed by atoms with E-state index in [4.69, 9.17) is 9.90 Å². The summed E-state index contributed by atoms with van der Waals surface area (Å²) >= 11 is 0. The number of carboxylic acid groups (broad SMARTS) is 1. The first-order valence-electron chi connectivity index (χ1n) is 13.1. The summed E-state index contributed by atoms with van der Waals surface area (Å²) in [5.41, 5.74) is 0. The van der Waals surface area contributed by atoms with E-state index in [0.29, 0.717) is 0 Å². The molecule has 0 spiro atoms. The molecule has 1 saturated carbocycles. The minimum absolute atomic E-state index is 0.833. The van der Waals surface area contributed by atoms with Crippen molar-refractivity contribution in [1.82, 2.24) is 5.32 Å². The van der Waals surface area contributed by atoms with Crippen LogP contribution in [0.15, 0.2) is 0 Å². The Morgan fingerprint density at radius 1 is 0.690 bits per heavy atom. The van der Waals surface area contributed by atoms with Crippen molar-refractivity contribution in [2.24, 2.45) is 0 Å². The third kappa shape index (κ3) is 25.4. The summed E-state index contributed by atoms with van der Waals surface area (Å²) in [7, 11) is 0. The van der Waals surface area contributed by atoms with Crippen molar-refractivity contribution in [1.29, 1.82) is 0 Å². The molecule has 1 aliphatic rings. The van der Waals surface area contributed by atoms with Crippen LogP contribution in [0.2, 0.25) is 0 Å². The lowest BCUT2D eigenvalue weighted by Gasteiger charge is -2.22. The highest BCUT2D eigenvalue weighted by Gasteiger charge is 2.11. The monoisotopic (exact) mass is 411 g/mol. The van der Waals surface area contributed by atoms with Gasteiger partial charge in [0.15, 0.2) is 0 Å². The summed E-state index contributed by atoms with van der Waals surface area (Å²) < 4.78 is 0. The van der Waals surface area contributed by atoms with Crippen molar-refractivity contribution in [3.05, 3.63) is 0 Å². The Balaban J connectivity index is 0.00000178. The molecular formula is C26H53NO2. The van der Waals surface area contributed by atoms with Gasteiger partial charge in [0, 0.05) is 13.0 Å². The smallest absolute Gasteiger partial charge is 0.300 e. The molecule has 1 aliphatic carbocycles. The van der Waals surface area contributed by atoms with Crippen LogP contribution in [0.1, 0.15) is 149 Å². The Hall–Kier alpha value is -0.570. The van der Waals surface area contributed by atoms with E-state index in [1.807, 2.05) is 0 Å². The van der Waals surface area contributed by atoms with Crippen molar-refractivity contribution in [2.45, 2.75) is 155 Å². The molecule has 174 valence electrons. The van der Waals surface area contributed by atoms with Crippen LogP contribution in [0, 0.1) is 0 Å². The predicted molar refractivity (Wildman–Crippen MR) is 128 cm³/mol. The molecule has 0 heterocycles. The standard InChI is InChI=1S/C24H49N.C2H4O2/c1-2-3-4-5-6-7-8-9-10-11-12-13-14-15-16-20-23-25-24-21-18-17-19-22-24;1-2(3)4/h24-25H,2-23H2,1H3;1H3,(H,3,4). The van der Waals surface area contributed by atoms with Gasteiger partial charge in [-0.25, -0.2) is 0 Å². The summed E-state index contributed by atoms with van der Waals surface area (Å²) in [6, 6.07) is 0.852. The summed E-state index contributed by atoms with van der Waals surface area (Å²) in [5.74, 6) is -0.833. The van der Waals surface area contributed by atoms with Gasteiger partial charge in [-0.2, -0.15) is 0 Å². The topological polar surface area (TPSA) is 49.3 Å². The quantitative estimate of drug-likeness (QED) is 0.223. The van der Waals surface area contributed by atoms with E-state index >= 15 is 0 Å². The fraction of sp³-hybridized carbons (Fsp3) is 0.962. The van der Waals surface area contributed by atoms with Crippen LogP contribution in [0.3, 0.4) is 0 Å². The Kier molecular flexibility index (Phi) is 23.2. The normalized spacial score (nSPS) is 14.4.